The van der Waals surface area contributed by atoms with Gasteiger partial charge in [-0.25, -0.2) is 0 Å². The maximum atomic E-state index is 12.3. The quantitative estimate of drug-likeness (QED) is 0.841. The summed E-state index contributed by atoms with van der Waals surface area (Å²) in [5, 5.41) is 11.6. The Balaban J connectivity index is 1.89. The molecule has 2 rings (SSSR count). The normalized spacial score (nSPS) is 24.7. The van der Waals surface area contributed by atoms with Crippen molar-refractivity contribution in [3.63, 3.8) is 0 Å². The zero-order valence-corrected chi connectivity index (χ0v) is 12.8. The predicted molar refractivity (Wildman–Crippen MR) is 79.1 cm³/mol. The van der Waals surface area contributed by atoms with E-state index in [0.717, 1.165) is 19.3 Å². The Hall–Kier alpha value is -1.57. The Morgan fingerprint density at radius 3 is 2.76 bits per heavy atom. The van der Waals surface area contributed by atoms with E-state index in [-0.39, 0.29) is 23.8 Å². The third kappa shape index (κ3) is 3.96. The molecule has 5 heteroatoms. The minimum atomic E-state index is -0.243. The SMILES string of the molecule is CC[C@H](CC#N)NC(=O)[C@@H]1CC(=O)N(C2CCCCC2)C1. The molecule has 1 aliphatic heterocycles. The largest absolute Gasteiger partial charge is 0.352 e. The van der Waals surface area contributed by atoms with Crippen molar-refractivity contribution >= 4 is 11.8 Å². The minimum Gasteiger partial charge on any atom is -0.352 e. The third-order valence-corrected chi connectivity index (χ3v) is 4.72. The Kier molecular flexibility index (Phi) is 5.60. The molecular formula is C16H25N3O2. The molecule has 2 atom stereocenters. The van der Waals surface area contributed by atoms with E-state index in [2.05, 4.69) is 11.4 Å². The second kappa shape index (κ2) is 7.44. The molecule has 2 fully saturated rings. The van der Waals surface area contributed by atoms with E-state index in [1.807, 2.05) is 11.8 Å². The molecule has 1 saturated heterocycles. The fourth-order valence-corrected chi connectivity index (χ4v) is 3.38. The van der Waals surface area contributed by atoms with Crippen LogP contribution in [0.2, 0.25) is 0 Å². The Morgan fingerprint density at radius 2 is 2.14 bits per heavy atom. The molecule has 1 saturated carbocycles. The van der Waals surface area contributed by atoms with Crippen molar-refractivity contribution in [3.05, 3.63) is 0 Å². The highest BCUT2D eigenvalue weighted by molar-refractivity contribution is 5.89. The lowest BCUT2D eigenvalue weighted by Gasteiger charge is -2.31. The van der Waals surface area contributed by atoms with Gasteiger partial charge in [0.05, 0.1) is 18.4 Å². The number of carbonyl (C=O) groups is 2. The highest BCUT2D eigenvalue weighted by Crippen LogP contribution is 2.28. The standard InChI is InChI=1S/C16H25N3O2/c1-2-13(8-9-17)18-16(21)12-10-15(20)19(11-12)14-6-4-3-5-7-14/h12-14H,2-8,10-11H2,1H3,(H,18,21)/t12-,13-/m1/s1. The van der Waals surface area contributed by atoms with Crippen LogP contribution in [-0.2, 0) is 9.59 Å². The number of nitrogens with zero attached hydrogens (tertiary/aromatic N) is 2. The topological polar surface area (TPSA) is 73.2 Å². The molecule has 0 aromatic heterocycles. The van der Waals surface area contributed by atoms with Crippen molar-refractivity contribution in [3.8, 4) is 6.07 Å². The number of hydrogen-bond donors (Lipinski definition) is 1. The van der Waals surface area contributed by atoms with E-state index in [4.69, 9.17) is 5.26 Å². The van der Waals surface area contributed by atoms with Crippen molar-refractivity contribution in [1.29, 1.82) is 5.26 Å². The zero-order valence-electron chi connectivity index (χ0n) is 12.8. The number of nitriles is 1. The van der Waals surface area contributed by atoms with Crippen LogP contribution in [0.25, 0.3) is 0 Å². The van der Waals surface area contributed by atoms with Gasteiger partial charge in [0, 0.05) is 25.0 Å². The summed E-state index contributed by atoms with van der Waals surface area (Å²) >= 11 is 0. The summed E-state index contributed by atoms with van der Waals surface area (Å²) in [6, 6.07) is 2.33. The average molecular weight is 291 g/mol. The Labute approximate surface area is 126 Å². The first-order valence-electron chi connectivity index (χ1n) is 8.12. The number of rotatable bonds is 5. The molecular weight excluding hydrogens is 266 g/mol. The molecule has 21 heavy (non-hydrogen) atoms. The van der Waals surface area contributed by atoms with Crippen LogP contribution in [0, 0.1) is 17.2 Å². The first kappa shape index (κ1) is 15.8. The fourth-order valence-electron chi connectivity index (χ4n) is 3.38. The number of nitrogens with one attached hydrogen (secondary N) is 1. The molecule has 2 aliphatic rings. The maximum Gasteiger partial charge on any atom is 0.225 e. The molecule has 0 aromatic rings. The third-order valence-electron chi connectivity index (χ3n) is 4.72. The van der Waals surface area contributed by atoms with Crippen LogP contribution in [0.1, 0.15) is 58.3 Å². The van der Waals surface area contributed by atoms with E-state index in [0.29, 0.717) is 25.4 Å². The van der Waals surface area contributed by atoms with Crippen LogP contribution >= 0.6 is 0 Å². The van der Waals surface area contributed by atoms with Crippen LogP contribution in [0.15, 0.2) is 0 Å². The first-order valence-corrected chi connectivity index (χ1v) is 8.12. The maximum absolute atomic E-state index is 12.3. The van der Waals surface area contributed by atoms with E-state index < -0.39 is 0 Å². The van der Waals surface area contributed by atoms with Gasteiger partial charge < -0.3 is 10.2 Å². The molecule has 0 unspecified atom stereocenters. The molecule has 0 bridgehead atoms. The fraction of sp³-hybridized carbons (Fsp3) is 0.812. The van der Waals surface area contributed by atoms with Crippen LogP contribution in [0.5, 0.6) is 0 Å². The summed E-state index contributed by atoms with van der Waals surface area (Å²) in [5.74, 6) is -0.189. The molecule has 0 radical (unpaired) electrons. The van der Waals surface area contributed by atoms with Gasteiger partial charge in [0.1, 0.15) is 0 Å². The second-order valence-electron chi connectivity index (χ2n) is 6.21. The molecule has 5 nitrogen and oxygen atoms in total. The van der Waals surface area contributed by atoms with Gasteiger partial charge >= 0.3 is 0 Å². The summed E-state index contributed by atoms with van der Waals surface area (Å²) < 4.78 is 0. The number of amides is 2. The lowest BCUT2D eigenvalue weighted by Crippen LogP contribution is -2.41. The van der Waals surface area contributed by atoms with Gasteiger partial charge in [-0.3, -0.25) is 9.59 Å². The van der Waals surface area contributed by atoms with E-state index >= 15 is 0 Å². The van der Waals surface area contributed by atoms with Gasteiger partial charge in [-0.05, 0) is 19.3 Å². The summed E-state index contributed by atoms with van der Waals surface area (Å²) in [5.41, 5.74) is 0. The molecule has 0 aromatic carbocycles. The van der Waals surface area contributed by atoms with Gasteiger partial charge in [-0.1, -0.05) is 26.2 Å². The first-order chi connectivity index (χ1) is 10.2. The Morgan fingerprint density at radius 1 is 1.43 bits per heavy atom. The van der Waals surface area contributed by atoms with E-state index in [1.165, 1.54) is 19.3 Å². The summed E-state index contributed by atoms with van der Waals surface area (Å²) in [6.07, 6.45) is 7.18. The summed E-state index contributed by atoms with van der Waals surface area (Å²) in [4.78, 5) is 26.4. The van der Waals surface area contributed by atoms with Crippen molar-refractivity contribution in [1.82, 2.24) is 10.2 Å². The van der Waals surface area contributed by atoms with Crippen molar-refractivity contribution in [2.45, 2.75) is 70.4 Å². The number of hydrogen-bond acceptors (Lipinski definition) is 3. The molecule has 2 amide bonds. The lowest BCUT2D eigenvalue weighted by molar-refractivity contribution is -0.130. The molecule has 116 valence electrons. The Bertz CT molecular complexity index is 424. The second-order valence-corrected chi connectivity index (χ2v) is 6.21. The monoisotopic (exact) mass is 291 g/mol. The molecule has 0 spiro atoms. The van der Waals surface area contributed by atoms with Gasteiger partial charge in [0.25, 0.3) is 0 Å². The van der Waals surface area contributed by atoms with Crippen molar-refractivity contribution in [2.24, 2.45) is 5.92 Å². The minimum absolute atomic E-state index is 0.0660. The average Bonchev–Trinajstić information content (AvgIpc) is 2.89. The van der Waals surface area contributed by atoms with E-state index in [9.17, 15) is 9.59 Å². The van der Waals surface area contributed by atoms with Crippen molar-refractivity contribution < 1.29 is 9.59 Å². The molecule has 1 aliphatic carbocycles. The van der Waals surface area contributed by atoms with Crippen LogP contribution < -0.4 is 5.32 Å². The highest BCUT2D eigenvalue weighted by Gasteiger charge is 2.38. The smallest absolute Gasteiger partial charge is 0.225 e. The van der Waals surface area contributed by atoms with Gasteiger partial charge in [-0.15, -0.1) is 0 Å². The lowest BCUT2D eigenvalue weighted by atomic mass is 9.94. The van der Waals surface area contributed by atoms with Crippen molar-refractivity contribution in [2.75, 3.05) is 6.54 Å². The molecule has 1 N–H and O–H groups in total. The van der Waals surface area contributed by atoms with E-state index in [1.54, 1.807) is 0 Å². The van der Waals surface area contributed by atoms with Gasteiger partial charge in [-0.2, -0.15) is 5.26 Å². The predicted octanol–water partition coefficient (Wildman–Crippen LogP) is 1.98. The van der Waals surface area contributed by atoms with Gasteiger partial charge in [0.2, 0.25) is 11.8 Å². The number of carbonyl (C=O) groups excluding carboxylic acids is 2. The summed E-state index contributed by atoms with van der Waals surface area (Å²) in [6.45, 7) is 2.51. The summed E-state index contributed by atoms with van der Waals surface area (Å²) in [7, 11) is 0. The van der Waals surface area contributed by atoms with Gasteiger partial charge in [0.15, 0.2) is 0 Å². The van der Waals surface area contributed by atoms with Crippen LogP contribution in [0.4, 0.5) is 0 Å². The van der Waals surface area contributed by atoms with Crippen LogP contribution in [0.3, 0.4) is 0 Å². The van der Waals surface area contributed by atoms with Crippen LogP contribution in [-0.4, -0.2) is 35.3 Å². The molecule has 1 heterocycles. The highest BCUT2D eigenvalue weighted by atomic mass is 16.2. The zero-order chi connectivity index (χ0) is 15.2. The number of likely N-dealkylation sites (tertiary alicyclic amines) is 1.